The summed E-state index contributed by atoms with van der Waals surface area (Å²) in [6, 6.07) is 4.96. The van der Waals surface area contributed by atoms with E-state index in [0.29, 0.717) is 21.6 Å². The van der Waals surface area contributed by atoms with E-state index in [-0.39, 0.29) is 5.76 Å². The number of fused-ring (bicyclic) bond motifs is 1. The number of furan rings is 1. The number of aryl methyl sites for hydroxylation is 1. The van der Waals surface area contributed by atoms with E-state index in [0.717, 1.165) is 0 Å². The maximum absolute atomic E-state index is 11.9. The van der Waals surface area contributed by atoms with Crippen LogP contribution in [0, 0.1) is 6.92 Å². The molecule has 0 saturated heterocycles. The molecule has 0 radical (unpaired) electrons. The molecule has 0 aliphatic carbocycles. The Morgan fingerprint density at radius 1 is 1.27 bits per heavy atom. The van der Waals surface area contributed by atoms with Crippen LogP contribution in [0.25, 0.3) is 11.0 Å². The Bertz CT molecular complexity index is 753. The van der Waals surface area contributed by atoms with Crippen LogP contribution in [-0.2, 0) is 14.3 Å². The number of amides is 2. The van der Waals surface area contributed by atoms with E-state index in [4.69, 9.17) is 20.8 Å². The second-order valence-electron chi connectivity index (χ2n) is 4.50. The second kappa shape index (κ2) is 6.48. The summed E-state index contributed by atoms with van der Waals surface area (Å²) in [6.45, 7) is 2.38. The van der Waals surface area contributed by atoms with Gasteiger partial charge in [0.2, 0.25) is 11.7 Å². The van der Waals surface area contributed by atoms with Crippen LogP contribution in [0.15, 0.2) is 22.6 Å². The summed E-state index contributed by atoms with van der Waals surface area (Å²) in [6.07, 6.45) is 0. The van der Waals surface area contributed by atoms with Gasteiger partial charge in [-0.15, -0.1) is 0 Å². The van der Waals surface area contributed by atoms with Gasteiger partial charge < -0.3 is 9.15 Å². The Morgan fingerprint density at radius 3 is 2.68 bits per heavy atom. The van der Waals surface area contributed by atoms with Crippen molar-refractivity contribution in [3.8, 4) is 0 Å². The average molecular weight is 325 g/mol. The largest absolute Gasteiger partial charge is 0.450 e. The first-order chi connectivity index (χ1) is 10.4. The number of nitrogens with one attached hydrogen (secondary N) is 2. The van der Waals surface area contributed by atoms with E-state index >= 15 is 0 Å². The minimum atomic E-state index is -0.775. The van der Waals surface area contributed by atoms with Crippen molar-refractivity contribution in [1.82, 2.24) is 10.9 Å². The Labute approximate surface area is 130 Å². The normalized spacial score (nSPS) is 10.3. The molecule has 116 valence electrons. The Balaban J connectivity index is 2.05. The number of rotatable bonds is 3. The first-order valence-electron chi connectivity index (χ1n) is 6.29. The average Bonchev–Trinajstić information content (AvgIpc) is 2.79. The van der Waals surface area contributed by atoms with Gasteiger partial charge in [-0.2, -0.15) is 0 Å². The number of hydrogen-bond acceptors (Lipinski definition) is 5. The number of benzene rings is 1. The minimum absolute atomic E-state index is 0.00425. The fourth-order valence-corrected chi connectivity index (χ4v) is 1.95. The van der Waals surface area contributed by atoms with Crippen LogP contribution < -0.4 is 10.9 Å². The van der Waals surface area contributed by atoms with Crippen molar-refractivity contribution in [3.63, 3.8) is 0 Å². The molecule has 8 heteroatoms. The number of hydrogen-bond donors (Lipinski definition) is 2. The Hall–Kier alpha value is -2.54. The number of carbonyl (C=O) groups is 3. The zero-order valence-corrected chi connectivity index (χ0v) is 12.6. The summed E-state index contributed by atoms with van der Waals surface area (Å²) < 4.78 is 10.2. The number of hydrazine groups is 1. The molecule has 0 saturated carbocycles. The van der Waals surface area contributed by atoms with Crippen LogP contribution in [-0.4, -0.2) is 24.4 Å². The fourth-order valence-electron chi connectivity index (χ4n) is 1.78. The van der Waals surface area contributed by atoms with E-state index in [1.807, 2.05) is 0 Å². The van der Waals surface area contributed by atoms with Crippen molar-refractivity contribution in [1.29, 1.82) is 0 Å². The van der Waals surface area contributed by atoms with E-state index < -0.39 is 24.4 Å². The third-order valence-electron chi connectivity index (χ3n) is 2.80. The van der Waals surface area contributed by atoms with Gasteiger partial charge in [-0.1, -0.05) is 11.6 Å². The summed E-state index contributed by atoms with van der Waals surface area (Å²) in [4.78, 5) is 33.9. The lowest BCUT2D eigenvalue weighted by Gasteiger charge is -2.05. The van der Waals surface area contributed by atoms with E-state index in [1.165, 1.54) is 6.92 Å². The highest BCUT2D eigenvalue weighted by atomic mass is 35.5. The molecule has 0 unspecified atom stereocenters. The predicted octanol–water partition coefficient (Wildman–Crippen LogP) is 1.72. The lowest BCUT2D eigenvalue weighted by molar-refractivity contribution is -0.129. The maximum atomic E-state index is 11.9. The summed E-state index contributed by atoms with van der Waals surface area (Å²) in [5, 5.41) is 1.22. The molecule has 2 amide bonds. The number of halogens is 1. The van der Waals surface area contributed by atoms with Gasteiger partial charge in [-0.3, -0.25) is 20.4 Å². The van der Waals surface area contributed by atoms with Crippen molar-refractivity contribution >= 4 is 40.4 Å². The first-order valence-corrected chi connectivity index (χ1v) is 6.67. The zero-order chi connectivity index (χ0) is 16.3. The molecule has 0 aliphatic rings. The lowest BCUT2D eigenvalue weighted by atomic mass is 10.1. The number of ether oxygens (including phenoxy) is 1. The molecule has 2 rings (SSSR count). The number of carbonyl (C=O) groups excluding carboxylic acids is 3. The van der Waals surface area contributed by atoms with Crippen LogP contribution in [0.1, 0.15) is 23.0 Å². The van der Waals surface area contributed by atoms with Gasteiger partial charge in [-0.25, -0.2) is 4.79 Å². The molecular formula is C14H13ClN2O5. The number of esters is 1. The third-order valence-corrected chi connectivity index (χ3v) is 3.03. The van der Waals surface area contributed by atoms with Crippen molar-refractivity contribution in [3.05, 3.63) is 34.5 Å². The SMILES string of the molecule is CC(=O)NNC(=O)COC(=O)c1oc2ccc(Cl)cc2c1C. The molecule has 7 nitrogen and oxygen atoms in total. The van der Waals surface area contributed by atoms with Crippen molar-refractivity contribution in [2.75, 3.05) is 6.61 Å². The topological polar surface area (TPSA) is 97.6 Å². The summed E-state index contributed by atoms with van der Waals surface area (Å²) >= 11 is 5.90. The highest BCUT2D eigenvalue weighted by Gasteiger charge is 2.20. The molecule has 2 N–H and O–H groups in total. The quantitative estimate of drug-likeness (QED) is 0.661. The predicted molar refractivity (Wildman–Crippen MR) is 78.2 cm³/mol. The van der Waals surface area contributed by atoms with Gasteiger partial charge in [0.1, 0.15) is 5.58 Å². The Morgan fingerprint density at radius 2 is 2.00 bits per heavy atom. The van der Waals surface area contributed by atoms with Gasteiger partial charge in [0.05, 0.1) is 0 Å². The van der Waals surface area contributed by atoms with Gasteiger partial charge >= 0.3 is 5.97 Å². The highest BCUT2D eigenvalue weighted by molar-refractivity contribution is 6.31. The van der Waals surface area contributed by atoms with E-state index in [2.05, 4.69) is 10.9 Å². The van der Waals surface area contributed by atoms with E-state index in [1.54, 1.807) is 25.1 Å². The van der Waals surface area contributed by atoms with Gasteiger partial charge in [0.15, 0.2) is 6.61 Å². The van der Waals surface area contributed by atoms with E-state index in [9.17, 15) is 14.4 Å². The van der Waals surface area contributed by atoms with Crippen molar-refractivity contribution in [2.24, 2.45) is 0 Å². The van der Waals surface area contributed by atoms with Crippen LogP contribution in [0.2, 0.25) is 5.02 Å². The molecule has 1 aromatic carbocycles. The lowest BCUT2D eigenvalue weighted by Crippen LogP contribution is -2.42. The van der Waals surface area contributed by atoms with Gasteiger partial charge in [0, 0.05) is 22.9 Å². The molecule has 2 aromatic rings. The van der Waals surface area contributed by atoms with Crippen molar-refractivity contribution in [2.45, 2.75) is 13.8 Å². The monoisotopic (exact) mass is 324 g/mol. The fraction of sp³-hybridized carbons (Fsp3) is 0.214. The van der Waals surface area contributed by atoms with Crippen LogP contribution in [0.3, 0.4) is 0 Å². The molecule has 22 heavy (non-hydrogen) atoms. The molecule has 0 atom stereocenters. The standard InChI is InChI=1S/C14H13ClN2O5/c1-7-10-5-9(15)3-4-11(10)22-13(7)14(20)21-6-12(19)17-16-8(2)18/h3-5H,6H2,1-2H3,(H,16,18)(H,17,19). The van der Waals surface area contributed by atoms with Crippen LogP contribution in [0.4, 0.5) is 0 Å². The van der Waals surface area contributed by atoms with Gasteiger partial charge in [-0.05, 0) is 25.1 Å². The summed E-state index contributed by atoms with van der Waals surface area (Å²) in [5.41, 5.74) is 5.22. The third kappa shape index (κ3) is 3.56. The minimum Gasteiger partial charge on any atom is -0.450 e. The Kier molecular flexibility index (Phi) is 4.67. The summed E-state index contributed by atoms with van der Waals surface area (Å²) in [7, 11) is 0. The molecular weight excluding hydrogens is 312 g/mol. The molecule has 0 aliphatic heterocycles. The molecule has 0 fully saturated rings. The first kappa shape index (κ1) is 15.8. The molecule has 1 aromatic heterocycles. The highest BCUT2D eigenvalue weighted by Crippen LogP contribution is 2.28. The summed E-state index contributed by atoms with van der Waals surface area (Å²) in [5.74, 6) is -1.88. The van der Waals surface area contributed by atoms with Crippen molar-refractivity contribution < 1.29 is 23.5 Å². The second-order valence-corrected chi connectivity index (χ2v) is 4.94. The van der Waals surface area contributed by atoms with Crippen LogP contribution in [0.5, 0.6) is 0 Å². The van der Waals surface area contributed by atoms with Crippen LogP contribution >= 0.6 is 11.6 Å². The molecule has 1 heterocycles. The maximum Gasteiger partial charge on any atom is 0.375 e. The zero-order valence-electron chi connectivity index (χ0n) is 11.9. The van der Waals surface area contributed by atoms with Gasteiger partial charge in [0.25, 0.3) is 5.91 Å². The molecule has 0 bridgehead atoms. The molecule has 0 spiro atoms. The smallest absolute Gasteiger partial charge is 0.375 e.